The van der Waals surface area contributed by atoms with Gasteiger partial charge in [0.05, 0.1) is 22.0 Å². The first-order chi connectivity index (χ1) is 9.58. The van der Waals surface area contributed by atoms with Gasteiger partial charge in [-0.15, -0.1) is 0 Å². The highest BCUT2D eigenvalue weighted by atomic mass is 35.5. The summed E-state index contributed by atoms with van der Waals surface area (Å²) in [5.74, 6) is -1.02. The molecule has 0 aliphatic heterocycles. The first-order valence-corrected chi connectivity index (χ1v) is 7.07. The third kappa shape index (κ3) is 2.12. The molecule has 1 aliphatic rings. The molecule has 1 aromatic carbocycles. The monoisotopic (exact) mass is 294 g/mol. The Morgan fingerprint density at radius 3 is 2.65 bits per heavy atom. The van der Waals surface area contributed by atoms with Crippen molar-refractivity contribution in [1.29, 1.82) is 0 Å². The summed E-state index contributed by atoms with van der Waals surface area (Å²) in [6.45, 7) is 0. The van der Waals surface area contributed by atoms with E-state index in [1.807, 2.05) is 12.1 Å². The van der Waals surface area contributed by atoms with E-state index in [2.05, 4.69) is 4.98 Å². The molecule has 6 heteroatoms. The van der Waals surface area contributed by atoms with E-state index < -0.39 is 5.97 Å². The molecule has 0 unspecified atom stereocenters. The molecule has 1 saturated carbocycles. The van der Waals surface area contributed by atoms with Gasteiger partial charge in [-0.1, -0.05) is 17.7 Å². The molecule has 1 aliphatic carbocycles. The average molecular weight is 295 g/mol. The summed E-state index contributed by atoms with van der Waals surface area (Å²) >= 11 is 6.08. The summed E-state index contributed by atoms with van der Waals surface area (Å²) in [6.07, 6.45) is 2.63. The number of aromatic nitrogens is 2. The number of hydrogen-bond acceptors (Lipinski definition) is 2. The molecule has 0 spiro atoms. The molecule has 0 atom stereocenters. The number of carboxylic acid groups (broad SMARTS) is 1. The molecule has 2 N–H and O–H groups in total. The van der Waals surface area contributed by atoms with Crippen LogP contribution in [0.3, 0.4) is 0 Å². The highest BCUT2D eigenvalue weighted by Gasteiger charge is 2.28. The lowest BCUT2D eigenvalue weighted by Gasteiger charge is -2.27. The Kier molecular flexibility index (Phi) is 3.30. The molecular formula is C14H15ClN2O3. The predicted octanol–water partition coefficient (Wildman–Crippen LogP) is 2.80. The van der Waals surface area contributed by atoms with Crippen molar-refractivity contribution in [3.63, 3.8) is 0 Å². The Morgan fingerprint density at radius 1 is 1.30 bits per heavy atom. The lowest BCUT2D eigenvalue weighted by molar-refractivity contribution is -0.143. The van der Waals surface area contributed by atoms with Crippen LogP contribution in [0.2, 0.25) is 5.02 Å². The minimum atomic E-state index is -0.738. The van der Waals surface area contributed by atoms with Crippen LogP contribution in [0.5, 0.6) is 0 Å². The van der Waals surface area contributed by atoms with Gasteiger partial charge in [-0.3, -0.25) is 9.36 Å². The van der Waals surface area contributed by atoms with Crippen molar-refractivity contribution in [3.8, 4) is 0 Å². The number of para-hydroxylation sites is 1. The Labute approximate surface area is 120 Å². The van der Waals surface area contributed by atoms with E-state index in [1.165, 1.54) is 0 Å². The minimum Gasteiger partial charge on any atom is -0.481 e. The van der Waals surface area contributed by atoms with Crippen molar-refractivity contribution in [2.75, 3.05) is 0 Å². The van der Waals surface area contributed by atoms with Crippen molar-refractivity contribution >= 4 is 28.6 Å². The fraction of sp³-hybridized carbons (Fsp3) is 0.429. The molecule has 0 bridgehead atoms. The van der Waals surface area contributed by atoms with E-state index in [0.29, 0.717) is 36.2 Å². The summed E-state index contributed by atoms with van der Waals surface area (Å²) in [5, 5.41) is 9.55. The van der Waals surface area contributed by atoms with Gasteiger partial charge in [-0.05, 0) is 37.8 Å². The predicted molar refractivity (Wildman–Crippen MR) is 76.2 cm³/mol. The van der Waals surface area contributed by atoms with Crippen molar-refractivity contribution in [2.45, 2.75) is 31.7 Å². The molecule has 1 heterocycles. The summed E-state index contributed by atoms with van der Waals surface area (Å²) in [4.78, 5) is 25.9. The van der Waals surface area contributed by atoms with Crippen LogP contribution in [-0.4, -0.2) is 20.6 Å². The van der Waals surface area contributed by atoms with Gasteiger partial charge in [-0.2, -0.15) is 0 Å². The van der Waals surface area contributed by atoms with Gasteiger partial charge in [0.15, 0.2) is 0 Å². The van der Waals surface area contributed by atoms with Crippen LogP contribution in [0.15, 0.2) is 23.0 Å². The first-order valence-electron chi connectivity index (χ1n) is 6.69. The molecule has 106 valence electrons. The standard InChI is InChI=1S/C14H15ClN2O3/c15-10-2-1-3-11-12(10)16-14(20)17(11)9-6-4-8(5-7-9)13(18)19/h1-3,8-9H,4-7H2,(H,16,20)(H,18,19). The zero-order valence-corrected chi connectivity index (χ0v) is 11.6. The highest BCUT2D eigenvalue weighted by Crippen LogP contribution is 2.33. The van der Waals surface area contributed by atoms with Gasteiger partial charge >= 0.3 is 11.7 Å². The van der Waals surface area contributed by atoms with Crippen LogP contribution >= 0.6 is 11.6 Å². The summed E-state index contributed by atoms with van der Waals surface area (Å²) in [7, 11) is 0. The number of halogens is 1. The smallest absolute Gasteiger partial charge is 0.326 e. The fourth-order valence-electron chi connectivity index (χ4n) is 3.06. The number of imidazole rings is 1. The van der Waals surface area contributed by atoms with Crippen LogP contribution in [0.4, 0.5) is 0 Å². The van der Waals surface area contributed by atoms with E-state index in [-0.39, 0.29) is 17.6 Å². The maximum atomic E-state index is 12.1. The lowest BCUT2D eigenvalue weighted by atomic mass is 9.86. The maximum Gasteiger partial charge on any atom is 0.326 e. The molecule has 20 heavy (non-hydrogen) atoms. The normalized spacial score (nSPS) is 23.1. The van der Waals surface area contributed by atoms with E-state index in [4.69, 9.17) is 16.7 Å². The van der Waals surface area contributed by atoms with Gasteiger partial charge in [0.25, 0.3) is 0 Å². The van der Waals surface area contributed by atoms with E-state index in [9.17, 15) is 9.59 Å². The largest absolute Gasteiger partial charge is 0.481 e. The average Bonchev–Trinajstić information content (AvgIpc) is 2.77. The zero-order valence-electron chi connectivity index (χ0n) is 10.8. The van der Waals surface area contributed by atoms with Gasteiger partial charge in [0, 0.05) is 6.04 Å². The number of carbonyl (C=O) groups is 1. The number of aromatic amines is 1. The SMILES string of the molecule is O=C(O)C1CCC(n2c(=O)[nH]c3c(Cl)cccc32)CC1. The Hall–Kier alpha value is -1.75. The second-order valence-electron chi connectivity index (χ2n) is 5.28. The topological polar surface area (TPSA) is 75.1 Å². The van der Waals surface area contributed by atoms with E-state index in [1.54, 1.807) is 10.6 Å². The van der Waals surface area contributed by atoms with E-state index >= 15 is 0 Å². The van der Waals surface area contributed by atoms with Crippen molar-refractivity contribution in [1.82, 2.24) is 9.55 Å². The number of fused-ring (bicyclic) bond motifs is 1. The molecule has 0 amide bonds. The zero-order chi connectivity index (χ0) is 14.3. The molecule has 5 nitrogen and oxygen atoms in total. The molecular weight excluding hydrogens is 280 g/mol. The fourth-order valence-corrected chi connectivity index (χ4v) is 3.27. The van der Waals surface area contributed by atoms with Gasteiger partial charge in [0.1, 0.15) is 0 Å². The molecule has 0 radical (unpaired) electrons. The number of H-pyrrole nitrogens is 1. The second-order valence-corrected chi connectivity index (χ2v) is 5.69. The number of hydrogen-bond donors (Lipinski definition) is 2. The van der Waals surface area contributed by atoms with Crippen molar-refractivity contribution < 1.29 is 9.90 Å². The number of carboxylic acids is 1. The van der Waals surface area contributed by atoms with Crippen LogP contribution in [-0.2, 0) is 4.79 Å². The number of rotatable bonds is 2. The molecule has 1 aromatic heterocycles. The second kappa shape index (κ2) is 4.98. The third-order valence-electron chi connectivity index (χ3n) is 4.11. The van der Waals surface area contributed by atoms with Crippen molar-refractivity contribution in [3.05, 3.63) is 33.7 Å². The first kappa shape index (κ1) is 13.2. The molecule has 0 saturated heterocycles. The Balaban J connectivity index is 1.96. The Bertz CT molecular complexity index is 711. The minimum absolute atomic E-state index is 0.0466. The molecule has 1 fully saturated rings. The van der Waals surface area contributed by atoms with Crippen molar-refractivity contribution in [2.24, 2.45) is 5.92 Å². The lowest BCUT2D eigenvalue weighted by Crippen LogP contribution is -2.28. The number of benzene rings is 1. The molecule has 3 rings (SSSR count). The maximum absolute atomic E-state index is 12.1. The van der Waals surface area contributed by atoms with Gasteiger partial charge in [0.2, 0.25) is 0 Å². The molecule has 2 aromatic rings. The number of nitrogens with one attached hydrogen (secondary N) is 1. The van der Waals surface area contributed by atoms with Crippen LogP contribution < -0.4 is 5.69 Å². The van der Waals surface area contributed by atoms with Crippen LogP contribution in [0, 0.1) is 5.92 Å². The van der Waals surface area contributed by atoms with E-state index in [0.717, 1.165) is 5.52 Å². The van der Waals surface area contributed by atoms with Gasteiger partial charge < -0.3 is 10.1 Å². The summed E-state index contributed by atoms with van der Waals surface area (Å²) in [6, 6.07) is 5.47. The summed E-state index contributed by atoms with van der Waals surface area (Å²) < 4.78 is 1.72. The Morgan fingerprint density at radius 2 is 2.00 bits per heavy atom. The summed E-state index contributed by atoms with van der Waals surface area (Å²) in [5.41, 5.74) is 1.27. The number of aliphatic carboxylic acids is 1. The van der Waals surface area contributed by atoms with Crippen LogP contribution in [0.1, 0.15) is 31.7 Å². The van der Waals surface area contributed by atoms with Crippen LogP contribution in [0.25, 0.3) is 11.0 Å². The quantitative estimate of drug-likeness (QED) is 0.894. The third-order valence-corrected chi connectivity index (χ3v) is 4.43. The highest BCUT2D eigenvalue weighted by molar-refractivity contribution is 6.34. The van der Waals surface area contributed by atoms with Gasteiger partial charge in [-0.25, -0.2) is 4.79 Å². The number of nitrogens with zero attached hydrogens (tertiary/aromatic N) is 1.